The smallest absolute Gasteiger partial charge is 0.103 e. The number of thioether (sulfide) groups is 1. The Labute approximate surface area is 134 Å². The van der Waals surface area contributed by atoms with Crippen LogP contribution < -0.4 is 5.32 Å². The number of aromatic nitrogens is 1. The van der Waals surface area contributed by atoms with Crippen LogP contribution in [-0.4, -0.2) is 11.5 Å². The monoisotopic (exact) mass is 326 g/mol. The first-order valence-corrected chi connectivity index (χ1v) is 8.97. The molecule has 0 unspecified atom stereocenters. The summed E-state index contributed by atoms with van der Waals surface area (Å²) in [4.78, 5) is 7.31. The molecule has 1 aromatic heterocycles. The van der Waals surface area contributed by atoms with Crippen molar-refractivity contribution in [3.63, 3.8) is 0 Å². The van der Waals surface area contributed by atoms with Gasteiger partial charge in [0.25, 0.3) is 0 Å². The number of hydrogen-bond donors (Lipinski definition) is 1. The minimum Gasteiger partial charge on any atom is -0.312 e. The van der Waals surface area contributed by atoms with E-state index in [9.17, 15) is 0 Å². The van der Waals surface area contributed by atoms with Gasteiger partial charge >= 0.3 is 0 Å². The van der Waals surface area contributed by atoms with Crippen LogP contribution in [0.2, 0.25) is 5.02 Å². The highest BCUT2D eigenvalue weighted by Crippen LogP contribution is 2.28. The standard InChI is InChI=1S/C15H19ClN2S2/c1-3-13-14(9-17-4-2)20-15(18-13)10-19-12-7-5-6-11(16)8-12/h5-8,17H,3-4,9-10H2,1-2H3. The predicted octanol–water partition coefficient (Wildman–Crippen LogP) is 4.76. The van der Waals surface area contributed by atoms with Gasteiger partial charge in [0.1, 0.15) is 5.01 Å². The van der Waals surface area contributed by atoms with Crippen molar-refractivity contribution in [2.45, 2.75) is 37.5 Å². The minimum atomic E-state index is 0.788. The molecule has 0 saturated carbocycles. The van der Waals surface area contributed by atoms with Crippen LogP contribution >= 0.6 is 34.7 Å². The van der Waals surface area contributed by atoms with Gasteiger partial charge in [-0.2, -0.15) is 0 Å². The van der Waals surface area contributed by atoms with Gasteiger partial charge in [0, 0.05) is 21.3 Å². The Morgan fingerprint density at radius 1 is 1.35 bits per heavy atom. The topological polar surface area (TPSA) is 24.9 Å². The molecule has 1 aromatic carbocycles. The Morgan fingerprint density at radius 2 is 2.20 bits per heavy atom. The largest absolute Gasteiger partial charge is 0.312 e. The highest BCUT2D eigenvalue weighted by atomic mass is 35.5. The number of nitrogens with one attached hydrogen (secondary N) is 1. The Hall–Kier alpha value is -0.550. The lowest BCUT2D eigenvalue weighted by molar-refractivity contribution is 0.727. The van der Waals surface area contributed by atoms with Crippen molar-refractivity contribution < 1.29 is 0 Å². The summed E-state index contributed by atoms with van der Waals surface area (Å²) in [7, 11) is 0. The summed E-state index contributed by atoms with van der Waals surface area (Å²) in [6.45, 7) is 6.22. The summed E-state index contributed by atoms with van der Waals surface area (Å²) in [6.07, 6.45) is 0.999. The van der Waals surface area contributed by atoms with Gasteiger partial charge < -0.3 is 5.32 Å². The molecular formula is C15H19ClN2S2. The zero-order chi connectivity index (χ0) is 14.4. The molecule has 0 atom stereocenters. The number of benzene rings is 1. The molecule has 0 aliphatic heterocycles. The van der Waals surface area contributed by atoms with Crippen molar-refractivity contribution in [1.82, 2.24) is 10.3 Å². The Morgan fingerprint density at radius 3 is 2.90 bits per heavy atom. The molecule has 0 amide bonds. The van der Waals surface area contributed by atoms with Crippen molar-refractivity contribution in [2.24, 2.45) is 0 Å². The number of thiazole rings is 1. The molecule has 0 bridgehead atoms. The maximum absolute atomic E-state index is 6.00. The van der Waals surface area contributed by atoms with E-state index >= 15 is 0 Å². The first-order valence-electron chi connectivity index (χ1n) is 6.79. The lowest BCUT2D eigenvalue weighted by atomic mass is 10.3. The quantitative estimate of drug-likeness (QED) is 0.742. The van der Waals surface area contributed by atoms with Crippen LogP contribution in [0.15, 0.2) is 29.2 Å². The molecule has 108 valence electrons. The van der Waals surface area contributed by atoms with Gasteiger partial charge in [0.15, 0.2) is 0 Å². The van der Waals surface area contributed by atoms with Gasteiger partial charge in [-0.1, -0.05) is 31.5 Å². The molecule has 5 heteroatoms. The van der Waals surface area contributed by atoms with Gasteiger partial charge in [0.2, 0.25) is 0 Å². The van der Waals surface area contributed by atoms with Crippen molar-refractivity contribution in [1.29, 1.82) is 0 Å². The number of hydrogen-bond acceptors (Lipinski definition) is 4. The molecule has 0 fully saturated rings. The predicted molar refractivity (Wildman–Crippen MR) is 89.9 cm³/mol. The van der Waals surface area contributed by atoms with Crippen LogP contribution in [0.1, 0.15) is 29.4 Å². The second kappa shape index (κ2) is 8.03. The van der Waals surface area contributed by atoms with Crippen molar-refractivity contribution in [2.75, 3.05) is 6.54 Å². The van der Waals surface area contributed by atoms with Crippen LogP contribution in [0.25, 0.3) is 0 Å². The van der Waals surface area contributed by atoms with Gasteiger partial charge in [-0.05, 0) is 31.2 Å². The third-order valence-corrected chi connectivity index (χ3v) is 5.37. The Bertz CT molecular complexity index is 555. The highest BCUT2D eigenvalue weighted by Gasteiger charge is 2.09. The highest BCUT2D eigenvalue weighted by molar-refractivity contribution is 7.98. The van der Waals surface area contributed by atoms with E-state index in [4.69, 9.17) is 16.6 Å². The average molecular weight is 327 g/mol. The van der Waals surface area contributed by atoms with Crippen LogP contribution in [0, 0.1) is 0 Å². The first-order chi connectivity index (χ1) is 9.72. The molecule has 2 nitrogen and oxygen atoms in total. The zero-order valence-electron chi connectivity index (χ0n) is 11.8. The van der Waals surface area contributed by atoms with Crippen LogP contribution in [0.4, 0.5) is 0 Å². The van der Waals surface area contributed by atoms with Crippen molar-refractivity contribution >= 4 is 34.7 Å². The SMILES string of the molecule is CCNCc1sc(CSc2cccc(Cl)c2)nc1CC. The molecule has 0 aliphatic carbocycles. The first kappa shape index (κ1) is 15.8. The molecule has 0 radical (unpaired) electrons. The van der Waals surface area contributed by atoms with E-state index < -0.39 is 0 Å². The Kier molecular flexibility index (Phi) is 6.36. The molecule has 20 heavy (non-hydrogen) atoms. The minimum absolute atomic E-state index is 0.788. The van der Waals surface area contributed by atoms with Crippen LogP contribution in [0.3, 0.4) is 0 Å². The number of nitrogens with zero attached hydrogens (tertiary/aromatic N) is 1. The maximum Gasteiger partial charge on any atom is 0.103 e. The molecule has 0 aliphatic rings. The summed E-state index contributed by atoms with van der Waals surface area (Å²) in [5.41, 5.74) is 1.23. The summed E-state index contributed by atoms with van der Waals surface area (Å²) < 4.78 is 0. The molecule has 2 aromatic rings. The van der Waals surface area contributed by atoms with Gasteiger partial charge in [-0.15, -0.1) is 23.1 Å². The molecular weight excluding hydrogens is 308 g/mol. The molecule has 1 N–H and O–H groups in total. The number of rotatable bonds is 7. The fraction of sp³-hybridized carbons (Fsp3) is 0.400. The van der Waals surface area contributed by atoms with E-state index in [1.54, 1.807) is 11.8 Å². The molecule has 0 spiro atoms. The summed E-state index contributed by atoms with van der Waals surface area (Å²) in [5.74, 6) is 0.907. The lowest BCUT2D eigenvalue weighted by Gasteiger charge is -1.99. The second-order valence-corrected chi connectivity index (χ2v) is 7.01. The Balaban J connectivity index is 2.00. The van der Waals surface area contributed by atoms with Crippen LogP contribution in [-0.2, 0) is 18.7 Å². The van der Waals surface area contributed by atoms with E-state index in [1.807, 2.05) is 29.5 Å². The normalized spacial score (nSPS) is 10.9. The second-order valence-electron chi connectivity index (χ2n) is 4.36. The number of halogens is 1. The summed E-state index contributed by atoms with van der Waals surface area (Å²) in [5, 5.41) is 5.36. The lowest BCUT2D eigenvalue weighted by Crippen LogP contribution is -2.11. The van der Waals surface area contributed by atoms with E-state index in [0.29, 0.717) is 0 Å². The van der Waals surface area contributed by atoms with Crippen LogP contribution in [0.5, 0.6) is 0 Å². The van der Waals surface area contributed by atoms with E-state index in [1.165, 1.54) is 20.5 Å². The third kappa shape index (κ3) is 4.48. The fourth-order valence-electron chi connectivity index (χ4n) is 1.85. The third-order valence-electron chi connectivity index (χ3n) is 2.85. The molecule has 0 saturated heterocycles. The zero-order valence-corrected chi connectivity index (χ0v) is 14.2. The van der Waals surface area contributed by atoms with E-state index in [2.05, 4.69) is 25.2 Å². The number of aryl methyl sites for hydroxylation is 1. The van der Waals surface area contributed by atoms with Crippen molar-refractivity contribution in [3.05, 3.63) is 44.9 Å². The van der Waals surface area contributed by atoms with Gasteiger partial charge in [-0.25, -0.2) is 4.98 Å². The summed E-state index contributed by atoms with van der Waals surface area (Å²) >= 11 is 9.61. The summed E-state index contributed by atoms with van der Waals surface area (Å²) in [6, 6.07) is 7.98. The molecule has 2 rings (SSSR count). The van der Waals surface area contributed by atoms with E-state index in [-0.39, 0.29) is 0 Å². The maximum atomic E-state index is 6.00. The van der Waals surface area contributed by atoms with E-state index in [0.717, 1.165) is 30.3 Å². The van der Waals surface area contributed by atoms with Gasteiger partial charge in [0.05, 0.1) is 11.4 Å². The average Bonchev–Trinajstić information content (AvgIpc) is 2.85. The molecule has 1 heterocycles. The van der Waals surface area contributed by atoms with Crippen molar-refractivity contribution in [3.8, 4) is 0 Å². The van der Waals surface area contributed by atoms with Gasteiger partial charge in [-0.3, -0.25) is 0 Å². The fourth-order valence-corrected chi connectivity index (χ4v) is 4.18.